The number of amides is 4. The number of fused-ring (bicyclic) bond motifs is 2. The first-order chi connectivity index (χ1) is 42.1. The Morgan fingerprint density at radius 3 is 1.38 bits per heavy atom. The van der Waals surface area contributed by atoms with Crippen LogP contribution >= 0.6 is 0 Å². The fourth-order valence-electron chi connectivity index (χ4n) is 14.4. The second-order valence-corrected chi connectivity index (χ2v) is 27.4. The van der Waals surface area contributed by atoms with Crippen LogP contribution in [0.15, 0.2) is 94.5 Å². The van der Waals surface area contributed by atoms with Crippen LogP contribution in [0, 0.1) is 11.6 Å². The van der Waals surface area contributed by atoms with Gasteiger partial charge in [-0.2, -0.15) is 0 Å². The third-order valence-electron chi connectivity index (χ3n) is 19.0. The van der Waals surface area contributed by atoms with Gasteiger partial charge in [-0.3, -0.25) is 48.4 Å². The normalized spacial score (nSPS) is 24.0. The van der Waals surface area contributed by atoms with Crippen molar-refractivity contribution in [3.05, 3.63) is 162 Å². The van der Waals surface area contributed by atoms with Gasteiger partial charge in [0.2, 0.25) is 23.6 Å². The number of nitrogens with one attached hydrogen (secondary N) is 6. The number of aromatic nitrogens is 2. The van der Waals surface area contributed by atoms with Gasteiger partial charge in [0, 0.05) is 148 Å². The number of carbonyl (C=O) groups is 4. The Kier molecular flexibility index (Phi) is 19.0. The molecule has 0 bridgehead atoms. The number of halogens is 2. The summed E-state index contributed by atoms with van der Waals surface area (Å²) in [6.07, 6.45) is 4.64. The number of piperidine rings is 2. The molecule has 2 aromatic heterocycles. The zero-order valence-corrected chi connectivity index (χ0v) is 52.0. The summed E-state index contributed by atoms with van der Waals surface area (Å²) in [4.78, 5) is 102. The molecule has 8 heterocycles. The van der Waals surface area contributed by atoms with Gasteiger partial charge < -0.3 is 41.0 Å². The van der Waals surface area contributed by atoms with Gasteiger partial charge in [0.1, 0.15) is 11.6 Å². The summed E-state index contributed by atoms with van der Waals surface area (Å²) in [7, 11) is 0. The standard InChI is InChI=1S/C68H88F2N12O6/c1-43-33-79(39-61(85)81-41-67(3,4)63-57(81)29-49(65(87)75-63)25-45-14-18-51(69)19-15-45)55(31-71-43)37-77-22-8-12-53(35-77)73-59(83)27-47-10-7-11-48(24-47)28-60(84)74-54-13-9-23-78(36-54)38-56-32-72-44(2)34-80(56)40-62(86)82-42-68(5,6)64-58(82)30-50(66(88)76-64)26-46-16-20-52(70)21-17-46/h7,10-11,14-21,24,29-30,43-44,53-56,71-72H,8-9,12-13,22-23,25-28,31-42H2,1-6H3,(H,73,83)(H,74,84)(H,75,87)(H,76,88)/t43-,44-,53-,54-,55-,56-/m1/s1. The number of hydrogen-bond donors (Lipinski definition) is 6. The molecule has 0 spiro atoms. The summed E-state index contributed by atoms with van der Waals surface area (Å²) >= 11 is 0. The molecule has 4 saturated heterocycles. The second kappa shape index (κ2) is 26.6. The SMILES string of the molecule is C[C@@H]1CN(CC(=O)N2CC(C)(C)c3[nH]c(=O)c(Cc4ccc(F)cc4)cc32)[C@@H](CN2CCC[C@@H](NC(=O)Cc3cccc(CC(=O)N[C@@H]4CCCN(C[C@H]5CN[C@H](C)CN5CC(=O)N5CC(C)(C)c6[nH]c(=O)c(Cc7ccc(F)cc7)cc65)C4)c3)C2)CN1. The molecule has 5 aromatic rings. The molecule has 18 nitrogen and oxygen atoms in total. The molecule has 0 unspecified atom stereocenters. The Labute approximate surface area is 515 Å². The highest BCUT2D eigenvalue weighted by molar-refractivity contribution is 5.98. The van der Waals surface area contributed by atoms with E-state index in [2.05, 4.69) is 64.7 Å². The van der Waals surface area contributed by atoms with Crippen molar-refractivity contribution in [1.82, 2.24) is 50.8 Å². The molecule has 4 amide bonds. The number of nitrogens with zero attached hydrogens (tertiary/aromatic N) is 6. The lowest BCUT2D eigenvalue weighted by Gasteiger charge is -2.43. The highest BCUT2D eigenvalue weighted by atomic mass is 19.1. The number of aromatic amines is 2. The fourth-order valence-corrected chi connectivity index (χ4v) is 14.4. The van der Waals surface area contributed by atoms with Gasteiger partial charge in [0.15, 0.2) is 0 Å². The summed E-state index contributed by atoms with van der Waals surface area (Å²) in [6.45, 7) is 21.3. The van der Waals surface area contributed by atoms with Gasteiger partial charge in [0.05, 0.1) is 37.3 Å². The summed E-state index contributed by atoms with van der Waals surface area (Å²) in [6, 6.07) is 24.1. The van der Waals surface area contributed by atoms with Crippen LogP contribution < -0.4 is 42.2 Å². The van der Waals surface area contributed by atoms with E-state index in [1.165, 1.54) is 24.3 Å². The lowest BCUT2D eigenvalue weighted by molar-refractivity contribution is -0.122. The topological polar surface area (TPSA) is 202 Å². The van der Waals surface area contributed by atoms with Gasteiger partial charge >= 0.3 is 0 Å². The van der Waals surface area contributed by atoms with E-state index in [4.69, 9.17) is 0 Å². The van der Waals surface area contributed by atoms with Crippen molar-refractivity contribution in [1.29, 1.82) is 0 Å². The molecule has 3 aromatic carbocycles. The third-order valence-corrected chi connectivity index (χ3v) is 19.0. The number of rotatable bonds is 18. The van der Waals surface area contributed by atoms with E-state index in [-0.39, 0.29) is 109 Å². The van der Waals surface area contributed by atoms with Gasteiger partial charge in [0.25, 0.3) is 11.1 Å². The molecule has 0 aliphatic carbocycles. The maximum Gasteiger partial charge on any atom is 0.251 e. The number of likely N-dealkylation sites (tertiary alicyclic amines) is 2. The molecule has 6 aliphatic rings. The molecule has 0 saturated carbocycles. The smallest absolute Gasteiger partial charge is 0.251 e. The fraction of sp³-hybridized carbons (Fsp3) is 0.529. The Hall–Kier alpha value is -6.94. The number of H-pyrrole nitrogens is 2. The Morgan fingerprint density at radius 2 is 0.966 bits per heavy atom. The van der Waals surface area contributed by atoms with Crippen molar-refractivity contribution >= 4 is 35.0 Å². The van der Waals surface area contributed by atoms with Crippen LogP contribution in [0.5, 0.6) is 0 Å². The second-order valence-electron chi connectivity index (χ2n) is 27.4. The van der Waals surface area contributed by atoms with Crippen molar-refractivity contribution in [2.75, 3.05) is 101 Å². The van der Waals surface area contributed by atoms with Gasteiger partial charge in [-0.05, 0) is 111 Å². The molecule has 4 fully saturated rings. The lowest BCUT2D eigenvalue weighted by atomic mass is 9.91. The van der Waals surface area contributed by atoms with E-state index >= 15 is 0 Å². The zero-order chi connectivity index (χ0) is 62.0. The maximum absolute atomic E-state index is 14.4. The van der Waals surface area contributed by atoms with Crippen LogP contribution in [-0.4, -0.2) is 181 Å². The van der Waals surface area contributed by atoms with E-state index in [1.54, 1.807) is 24.3 Å². The predicted octanol–water partition coefficient (Wildman–Crippen LogP) is 4.74. The summed E-state index contributed by atoms with van der Waals surface area (Å²) < 4.78 is 27.4. The quantitative estimate of drug-likeness (QED) is 0.0706. The molecule has 20 heteroatoms. The predicted molar refractivity (Wildman–Crippen MR) is 338 cm³/mol. The van der Waals surface area contributed by atoms with Crippen molar-refractivity contribution in [2.45, 2.75) is 140 Å². The number of anilines is 2. The highest BCUT2D eigenvalue weighted by Crippen LogP contribution is 2.41. The molecule has 88 heavy (non-hydrogen) atoms. The Morgan fingerprint density at radius 1 is 0.557 bits per heavy atom. The van der Waals surface area contributed by atoms with Gasteiger partial charge in [-0.15, -0.1) is 0 Å². The molecular formula is C68H88F2N12O6. The van der Waals surface area contributed by atoms with Crippen LogP contribution in [0.2, 0.25) is 0 Å². The Bertz CT molecular complexity index is 3260. The first-order valence-corrected chi connectivity index (χ1v) is 31.8. The largest absolute Gasteiger partial charge is 0.352 e. The van der Waals surface area contributed by atoms with E-state index < -0.39 is 10.8 Å². The van der Waals surface area contributed by atoms with Gasteiger partial charge in [-0.25, -0.2) is 8.78 Å². The minimum Gasteiger partial charge on any atom is -0.352 e. The molecule has 6 atom stereocenters. The van der Waals surface area contributed by atoms with Crippen molar-refractivity contribution in [2.24, 2.45) is 0 Å². The van der Waals surface area contributed by atoms with Crippen LogP contribution in [0.3, 0.4) is 0 Å². The molecule has 11 rings (SSSR count). The first kappa shape index (κ1) is 62.7. The van der Waals surface area contributed by atoms with Crippen LogP contribution in [-0.2, 0) is 55.7 Å². The van der Waals surface area contributed by atoms with Crippen molar-refractivity contribution in [3.8, 4) is 0 Å². The van der Waals surface area contributed by atoms with E-state index in [0.717, 1.165) is 110 Å². The summed E-state index contributed by atoms with van der Waals surface area (Å²) in [5, 5.41) is 13.9. The highest BCUT2D eigenvalue weighted by Gasteiger charge is 2.43. The minimum absolute atomic E-state index is 0.0244. The van der Waals surface area contributed by atoms with Crippen LogP contribution in [0.1, 0.15) is 112 Å². The maximum atomic E-state index is 14.4. The first-order valence-electron chi connectivity index (χ1n) is 31.8. The average Bonchev–Trinajstić information content (AvgIpc) is 1.65. The average molecular weight is 1210 g/mol. The molecule has 470 valence electrons. The number of piperazine rings is 2. The molecule has 0 radical (unpaired) electrons. The van der Waals surface area contributed by atoms with Crippen LogP contribution in [0.4, 0.5) is 20.2 Å². The number of carbonyl (C=O) groups excluding carboxylic acids is 4. The number of benzene rings is 3. The van der Waals surface area contributed by atoms with Crippen molar-refractivity contribution in [3.63, 3.8) is 0 Å². The molecule has 6 N–H and O–H groups in total. The zero-order valence-electron chi connectivity index (χ0n) is 52.0. The Balaban J connectivity index is 0.643. The monoisotopic (exact) mass is 1210 g/mol. The number of pyridine rings is 2. The lowest BCUT2D eigenvalue weighted by Crippen LogP contribution is -2.62. The summed E-state index contributed by atoms with van der Waals surface area (Å²) in [5.74, 6) is -0.847. The molecular weight excluding hydrogens is 1120 g/mol. The van der Waals surface area contributed by atoms with E-state index in [0.29, 0.717) is 63.2 Å². The summed E-state index contributed by atoms with van der Waals surface area (Å²) in [5.41, 5.74) is 5.97. The minimum atomic E-state index is -0.454. The van der Waals surface area contributed by atoms with Crippen molar-refractivity contribution < 1.29 is 28.0 Å². The van der Waals surface area contributed by atoms with E-state index in [1.807, 2.05) is 73.9 Å². The van der Waals surface area contributed by atoms with E-state index in [9.17, 15) is 37.5 Å². The third kappa shape index (κ3) is 15.0. The molecule has 6 aliphatic heterocycles. The van der Waals surface area contributed by atoms with Crippen LogP contribution in [0.25, 0.3) is 0 Å². The number of hydrogen-bond acceptors (Lipinski definition) is 12. The van der Waals surface area contributed by atoms with Gasteiger partial charge in [-0.1, -0.05) is 76.2 Å².